The molecule has 5 nitrogen and oxygen atoms in total. The Morgan fingerprint density at radius 3 is 2.34 bits per heavy atom. The summed E-state index contributed by atoms with van der Waals surface area (Å²) in [5.41, 5.74) is 2.76. The smallest absolute Gasteiger partial charge is 0.257 e. The molecule has 4 rings (SSSR count). The molecule has 0 aliphatic carbocycles. The highest BCUT2D eigenvalue weighted by atomic mass is 35.5. The zero-order chi connectivity index (χ0) is 22.8. The Hall–Kier alpha value is -3.44. The van der Waals surface area contributed by atoms with Crippen molar-refractivity contribution in [1.82, 2.24) is 4.90 Å². The minimum atomic E-state index is -0.901. The molecular weight excluding hydrogens is 424 g/mol. The van der Waals surface area contributed by atoms with Crippen molar-refractivity contribution < 1.29 is 14.4 Å². The van der Waals surface area contributed by atoms with Crippen LogP contribution in [0.3, 0.4) is 0 Å². The van der Waals surface area contributed by atoms with Gasteiger partial charge in [0.05, 0.1) is 18.2 Å². The first-order valence-corrected chi connectivity index (χ1v) is 10.8. The van der Waals surface area contributed by atoms with Crippen molar-refractivity contribution in [3.8, 4) is 0 Å². The number of carbonyl (C=O) groups excluding carboxylic acids is 3. The summed E-state index contributed by atoms with van der Waals surface area (Å²) in [4.78, 5) is 42.7. The number of hydrogen-bond acceptors (Lipinski definition) is 3. The lowest BCUT2D eigenvalue weighted by Gasteiger charge is -2.33. The molecule has 1 fully saturated rings. The van der Waals surface area contributed by atoms with Crippen molar-refractivity contribution in [3.63, 3.8) is 0 Å². The fraction of sp³-hybridized carbons (Fsp3) is 0.192. The number of nitrogens with zero attached hydrogens (tertiary/aromatic N) is 2. The van der Waals surface area contributed by atoms with Crippen molar-refractivity contribution in [2.24, 2.45) is 0 Å². The Kier molecular flexibility index (Phi) is 6.10. The lowest BCUT2D eigenvalue weighted by molar-refractivity contribution is -0.122. The van der Waals surface area contributed by atoms with E-state index in [4.69, 9.17) is 11.6 Å². The lowest BCUT2D eigenvalue weighted by atomic mass is 10.0. The van der Waals surface area contributed by atoms with Gasteiger partial charge in [-0.3, -0.25) is 14.4 Å². The maximum absolute atomic E-state index is 13.7. The first kappa shape index (κ1) is 21.8. The molecule has 0 saturated carbocycles. The van der Waals surface area contributed by atoms with Gasteiger partial charge in [-0.05, 0) is 55.8 Å². The summed E-state index contributed by atoms with van der Waals surface area (Å²) < 4.78 is 0. The van der Waals surface area contributed by atoms with Gasteiger partial charge in [0.2, 0.25) is 5.91 Å². The second kappa shape index (κ2) is 8.97. The molecule has 0 aromatic heterocycles. The van der Waals surface area contributed by atoms with E-state index in [2.05, 4.69) is 0 Å². The lowest BCUT2D eigenvalue weighted by Crippen LogP contribution is -2.46. The first-order chi connectivity index (χ1) is 15.4. The molecule has 0 radical (unpaired) electrons. The number of imide groups is 1. The number of hydrogen-bond donors (Lipinski definition) is 0. The third-order valence-corrected chi connectivity index (χ3v) is 5.99. The fourth-order valence-electron chi connectivity index (χ4n) is 4.10. The summed E-state index contributed by atoms with van der Waals surface area (Å²) >= 11 is 5.96. The van der Waals surface area contributed by atoms with Crippen LogP contribution in [-0.4, -0.2) is 28.7 Å². The summed E-state index contributed by atoms with van der Waals surface area (Å²) in [7, 11) is 0. The van der Waals surface area contributed by atoms with E-state index in [9.17, 15) is 14.4 Å². The van der Waals surface area contributed by atoms with Crippen LogP contribution in [0, 0.1) is 6.92 Å². The topological polar surface area (TPSA) is 57.7 Å². The van der Waals surface area contributed by atoms with E-state index in [1.54, 1.807) is 41.3 Å². The summed E-state index contributed by atoms with van der Waals surface area (Å²) in [6.45, 7) is 3.79. The van der Waals surface area contributed by atoms with Gasteiger partial charge in [-0.1, -0.05) is 59.6 Å². The molecule has 1 aliphatic heterocycles. The fourth-order valence-corrected chi connectivity index (χ4v) is 4.23. The number of halogens is 1. The van der Waals surface area contributed by atoms with Crippen molar-refractivity contribution in [2.45, 2.75) is 32.4 Å². The van der Waals surface area contributed by atoms with Crippen molar-refractivity contribution in [1.29, 1.82) is 0 Å². The van der Waals surface area contributed by atoms with Gasteiger partial charge in [-0.2, -0.15) is 0 Å². The van der Waals surface area contributed by atoms with Gasteiger partial charge in [0.1, 0.15) is 6.04 Å². The number of aryl methyl sites for hydroxylation is 1. The maximum Gasteiger partial charge on any atom is 0.257 e. The highest BCUT2D eigenvalue weighted by Gasteiger charge is 2.46. The first-order valence-electron chi connectivity index (χ1n) is 10.4. The van der Waals surface area contributed by atoms with E-state index >= 15 is 0 Å². The van der Waals surface area contributed by atoms with E-state index < -0.39 is 18.0 Å². The Balaban J connectivity index is 1.74. The zero-order valence-electron chi connectivity index (χ0n) is 17.9. The molecule has 3 aromatic rings. The number of anilines is 1. The molecule has 162 valence electrons. The van der Waals surface area contributed by atoms with Crippen LogP contribution in [0.15, 0.2) is 78.9 Å². The van der Waals surface area contributed by atoms with E-state index in [1.807, 2.05) is 56.3 Å². The number of benzene rings is 3. The second-order valence-corrected chi connectivity index (χ2v) is 8.37. The molecule has 3 amide bonds. The average molecular weight is 447 g/mol. The highest BCUT2D eigenvalue weighted by molar-refractivity contribution is 6.31. The van der Waals surface area contributed by atoms with Crippen LogP contribution in [0.5, 0.6) is 0 Å². The zero-order valence-corrected chi connectivity index (χ0v) is 18.6. The van der Waals surface area contributed by atoms with Crippen LogP contribution < -0.4 is 4.90 Å². The minimum absolute atomic E-state index is 0.0732. The van der Waals surface area contributed by atoms with Gasteiger partial charge < -0.3 is 4.90 Å². The van der Waals surface area contributed by atoms with Crippen LogP contribution in [0.4, 0.5) is 5.69 Å². The van der Waals surface area contributed by atoms with Gasteiger partial charge in [-0.25, -0.2) is 4.90 Å². The summed E-state index contributed by atoms with van der Waals surface area (Å²) in [5.74, 6) is -1.04. The normalized spacial score (nSPS) is 16.8. The predicted octanol–water partition coefficient (Wildman–Crippen LogP) is 5.18. The quantitative estimate of drug-likeness (QED) is 0.507. The molecule has 0 N–H and O–H groups in total. The summed E-state index contributed by atoms with van der Waals surface area (Å²) in [6.07, 6.45) is -0.0732. The highest BCUT2D eigenvalue weighted by Crippen LogP contribution is 2.33. The van der Waals surface area contributed by atoms with Crippen molar-refractivity contribution in [3.05, 3.63) is 101 Å². The molecule has 2 unspecified atom stereocenters. The third kappa shape index (κ3) is 4.16. The Morgan fingerprint density at radius 2 is 1.69 bits per heavy atom. The number of amides is 3. The third-order valence-electron chi connectivity index (χ3n) is 5.74. The maximum atomic E-state index is 13.7. The second-order valence-electron chi connectivity index (χ2n) is 7.93. The summed E-state index contributed by atoms with van der Waals surface area (Å²) in [5, 5.41) is 0.512. The van der Waals surface area contributed by atoms with Crippen LogP contribution in [-0.2, 0) is 9.59 Å². The molecule has 3 aromatic carbocycles. The van der Waals surface area contributed by atoms with Crippen molar-refractivity contribution >= 4 is 35.0 Å². The van der Waals surface area contributed by atoms with E-state index in [-0.39, 0.29) is 18.2 Å². The Bertz CT molecular complexity index is 1160. The van der Waals surface area contributed by atoms with Crippen LogP contribution in [0.2, 0.25) is 5.02 Å². The van der Waals surface area contributed by atoms with Crippen LogP contribution in [0.25, 0.3) is 0 Å². The van der Waals surface area contributed by atoms with Gasteiger partial charge in [0.25, 0.3) is 11.8 Å². The molecule has 1 aliphatic rings. The summed E-state index contributed by atoms with van der Waals surface area (Å²) in [6, 6.07) is 22.0. The van der Waals surface area contributed by atoms with Gasteiger partial charge in [-0.15, -0.1) is 0 Å². The molecule has 1 heterocycles. The Labute approximate surface area is 192 Å². The molecule has 32 heavy (non-hydrogen) atoms. The molecular formula is C26H23ClN2O3. The van der Waals surface area contributed by atoms with Crippen LogP contribution in [0.1, 0.15) is 40.9 Å². The average Bonchev–Trinajstić information content (AvgIpc) is 3.08. The standard InChI is InChI=1S/C26H23ClN2O3/c1-17-7-6-10-20(15-17)25(31)28(18(2)19-8-4-3-5-9-19)23-16-24(30)29(26(23)32)22-13-11-21(27)12-14-22/h3-15,18,23H,16H2,1-2H3. The van der Waals surface area contributed by atoms with Gasteiger partial charge >= 0.3 is 0 Å². The predicted molar refractivity (Wildman–Crippen MR) is 125 cm³/mol. The van der Waals surface area contributed by atoms with Crippen LogP contribution >= 0.6 is 11.6 Å². The Morgan fingerprint density at radius 1 is 1.00 bits per heavy atom. The van der Waals surface area contributed by atoms with E-state index in [0.717, 1.165) is 16.0 Å². The molecule has 1 saturated heterocycles. The SMILES string of the molecule is Cc1cccc(C(=O)N(C2CC(=O)N(c3ccc(Cl)cc3)C2=O)C(C)c2ccccc2)c1. The van der Waals surface area contributed by atoms with Gasteiger partial charge in [0, 0.05) is 10.6 Å². The number of carbonyl (C=O) groups is 3. The van der Waals surface area contributed by atoms with E-state index in [0.29, 0.717) is 16.3 Å². The molecule has 2 atom stereocenters. The number of rotatable bonds is 5. The monoisotopic (exact) mass is 446 g/mol. The van der Waals surface area contributed by atoms with Crippen molar-refractivity contribution in [2.75, 3.05) is 4.90 Å². The van der Waals surface area contributed by atoms with E-state index in [1.165, 1.54) is 0 Å². The molecule has 0 bridgehead atoms. The minimum Gasteiger partial charge on any atom is -0.319 e. The molecule has 6 heteroatoms. The van der Waals surface area contributed by atoms with Gasteiger partial charge in [0.15, 0.2) is 0 Å². The largest absolute Gasteiger partial charge is 0.319 e. The molecule has 0 spiro atoms.